The zero-order chi connectivity index (χ0) is 13.1. The number of hydrogen-bond acceptors (Lipinski definition) is 4. The van der Waals surface area contributed by atoms with Gasteiger partial charge in [-0.1, -0.05) is 6.92 Å². The maximum absolute atomic E-state index is 9.23. The molecule has 0 radical (unpaired) electrons. The number of ether oxygens (including phenoxy) is 1. The van der Waals surface area contributed by atoms with Crippen molar-refractivity contribution in [2.45, 2.75) is 33.2 Å². The number of pyridine rings is 1. The molecular formula is C14H19N3O. The summed E-state index contributed by atoms with van der Waals surface area (Å²) >= 11 is 0. The third-order valence-electron chi connectivity index (χ3n) is 3.42. The van der Waals surface area contributed by atoms with Crippen molar-refractivity contribution in [3.8, 4) is 6.07 Å². The lowest BCUT2D eigenvalue weighted by Crippen LogP contribution is -2.36. The van der Waals surface area contributed by atoms with Gasteiger partial charge in [0.25, 0.3) is 0 Å². The van der Waals surface area contributed by atoms with Crippen LogP contribution in [0.2, 0.25) is 0 Å². The predicted octanol–water partition coefficient (Wildman–Crippen LogP) is 2.41. The van der Waals surface area contributed by atoms with Crippen molar-refractivity contribution < 1.29 is 4.74 Å². The topological polar surface area (TPSA) is 57.9 Å². The van der Waals surface area contributed by atoms with Crippen LogP contribution >= 0.6 is 0 Å². The molecule has 2 rings (SSSR count). The van der Waals surface area contributed by atoms with Crippen LogP contribution in [-0.4, -0.2) is 24.2 Å². The SMILES string of the molecule is Cc1cc(NC2CCOCC2C)c(C#N)c(C)n1. The maximum atomic E-state index is 9.23. The van der Waals surface area contributed by atoms with Gasteiger partial charge in [-0.15, -0.1) is 0 Å². The Labute approximate surface area is 108 Å². The van der Waals surface area contributed by atoms with E-state index in [1.807, 2.05) is 19.9 Å². The second kappa shape index (κ2) is 5.36. The Bertz CT molecular complexity index is 479. The molecule has 4 nitrogen and oxygen atoms in total. The molecule has 2 unspecified atom stereocenters. The normalized spacial score (nSPS) is 23.4. The van der Waals surface area contributed by atoms with Gasteiger partial charge in [0.15, 0.2) is 0 Å². The van der Waals surface area contributed by atoms with Crippen LogP contribution in [0.15, 0.2) is 6.07 Å². The van der Waals surface area contributed by atoms with E-state index >= 15 is 0 Å². The van der Waals surface area contributed by atoms with Crippen LogP contribution in [0.4, 0.5) is 5.69 Å². The van der Waals surface area contributed by atoms with Gasteiger partial charge in [0.1, 0.15) is 6.07 Å². The summed E-state index contributed by atoms with van der Waals surface area (Å²) in [4.78, 5) is 4.33. The molecule has 4 heteroatoms. The van der Waals surface area contributed by atoms with Crippen molar-refractivity contribution >= 4 is 5.69 Å². The van der Waals surface area contributed by atoms with Crippen LogP contribution in [0.25, 0.3) is 0 Å². The van der Waals surface area contributed by atoms with E-state index in [1.165, 1.54) is 0 Å². The van der Waals surface area contributed by atoms with Gasteiger partial charge in [-0.05, 0) is 32.3 Å². The summed E-state index contributed by atoms with van der Waals surface area (Å²) in [7, 11) is 0. The zero-order valence-corrected chi connectivity index (χ0v) is 11.2. The van der Waals surface area contributed by atoms with Gasteiger partial charge in [0.2, 0.25) is 0 Å². The molecule has 0 saturated carbocycles. The summed E-state index contributed by atoms with van der Waals surface area (Å²) in [5.74, 6) is 0.457. The van der Waals surface area contributed by atoms with Crippen molar-refractivity contribution in [1.29, 1.82) is 5.26 Å². The Morgan fingerprint density at radius 3 is 2.94 bits per heavy atom. The second-order valence-electron chi connectivity index (χ2n) is 4.98. The fourth-order valence-electron chi connectivity index (χ4n) is 2.38. The van der Waals surface area contributed by atoms with E-state index in [-0.39, 0.29) is 0 Å². The number of hydrogen-bond donors (Lipinski definition) is 1. The summed E-state index contributed by atoms with van der Waals surface area (Å²) in [6.45, 7) is 7.57. The lowest BCUT2D eigenvalue weighted by atomic mass is 9.97. The molecule has 0 amide bonds. The van der Waals surface area contributed by atoms with E-state index < -0.39 is 0 Å². The number of nitrogens with zero attached hydrogens (tertiary/aromatic N) is 2. The number of aromatic nitrogens is 1. The minimum atomic E-state index is 0.368. The number of nitriles is 1. The molecule has 0 bridgehead atoms. The Balaban J connectivity index is 2.25. The molecule has 1 saturated heterocycles. The van der Waals surface area contributed by atoms with Gasteiger partial charge in [0, 0.05) is 18.3 Å². The van der Waals surface area contributed by atoms with E-state index in [2.05, 4.69) is 23.3 Å². The first-order valence-electron chi connectivity index (χ1n) is 6.34. The Hall–Kier alpha value is -1.60. The highest BCUT2D eigenvalue weighted by Gasteiger charge is 2.23. The molecule has 0 spiro atoms. The average Bonchev–Trinajstić information content (AvgIpc) is 2.31. The van der Waals surface area contributed by atoms with Crippen LogP contribution in [0.3, 0.4) is 0 Å². The first-order chi connectivity index (χ1) is 8.61. The van der Waals surface area contributed by atoms with Crippen LogP contribution in [-0.2, 0) is 4.74 Å². The number of nitrogens with one attached hydrogen (secondary N) is 1. The predicted molar refractivity (Wildman–Crippen MR) is 70.4 cm³/mol. The molecule has 1 aromatic rings. The minimum Gasteiger partial charge on any atom is -0.381 e. The number of aryl methyl sites for hydroxylation is 2. The quantitative estimate of drug-likeness (QED) is 0.869. The fraction of sp³-hybridized carbons (Fsp3) is 0.571. The molecular weight excluding hydrogens is 226 g/mol. The number of anilines is 1. The first-order valence-corrected chi connectivity index (χ1v) is 6.34. The monoisotopic (exact) mass is 245 g/mol. The lowest BCUT2D eigenvalue weighted by molar-refractivity contribution is 0.0537. The highest BCUT2D eigenvalue weighted by molar-refractivity contribution is 5.60. The van der Waals surface area contributed by atoms with E-state index in [0.29, 0.717) is 17.5 Å². The van der Waals surface area contributed by atoms with E-state index in [0.717, 1.165) is 36.7 Å². The summed E-state index contributed by atoms with van der Waals surface area (Å²) in [5.41, 5.74) is 3.29. The molecule has 0 aromatic carbocycles. The van der Waals surface area contributed by atoms with Crippen LogP contribution < -0.4 is 5.32 Å². The molecule has 1 aliphatic heterocycles. The van der Waals surface area contributed by atoms with Crippen LogP contribution in [0, 0.1) is 31.1 Å². The lowest BCUT2D eigenvalue weighted by Gasteiger charge is -2.30. The van der Waals surface area contributed by atoms with Gasteiger partial charge in [-0.3, -0.25) is 4.98 Å². The van der Waals surface area contributed by atoms with Crippen molar-refractivity contribution in [2.75, 3.05) is 18.5 Å². The summed E-state index contributed by atoms with van der Waals surface area (Å²) in [5, 5.41) is 12.7. The molecule has 1 N–H and O–H groups in total. The molecule has 1 fully saturated rings. The van der Waals surface area contributed by atoms with Crippen molar-refractivity contribution in [3.05, 3.63) is 23.0 Å². The van der Waals surface area contributed by atoms with Gasteiger partial charge in [-0.25, -0.2) is 0 Å². The summed E-state index contributed by atoms with van der Waals surface area (Å²) in [6.07, 6.45) is 0.979. The smallest absolute Gasteiger partial charge is 0.103 e. The van der Waals surface area contributed by atoms with Gasteiger partial charge in [0.05, 0.1) is 23.6 Å². The molecule has 1 aromatic heterocycles. The highest BCUT2D eigenvalue weighted by Crippen LogP contribution is 2.24. The van der Waals surface area contributed by atoms with Gasteiger partial charge < -0.3 is 10.1 Å². The zero-order valence-electron chi connectivity index (χ0n) is 11.2. The summed E-state index contributed by atoms with van der Waals surface area (Å²) < 4.78 is 5.44. The largest absolute Gasteiger partial charge is 0.381 e. The Morgan fingerprint density at radius 1 is 1.50 bits per heavy atom. The van der Waals surface area contributed by atoms with E-state index in [9.17, 15) is 5.26 Å². The first kappa shape index (κ1) is 12.8. The van der Waals surface area contributed by atoms with E-state index in [4.69, 9.17) is 4.74 Å². The highest BCUT2D eigenvalue weighted by atomic mass is 16.5. The second-order valence-corrected chi connectivity index (χ2v) is 4.98. The maximum Gasteiger partial charge on any atom is 0.103 e. The van der Waals surface area contributed by atoms with Gasteiger partial charge >= 0.3 is 0 Å². The molecule has 1 aliphatic rings. The molecule has 96 valence electrons. The van der Waals surface area contributed by atoms with Crippen molar-refractivity contribution in [3.63, 3.8) is 0 Å². The molecule has 2 atom stereocenters. The van der Waals surface area contributed by atoms with Gasteiger partial charge in [-0.2, -0.15) is 5.26 Å². The number of rotatable bonds is 2. The Kier molecular flexibility index (Phi) is 3.83. The fourth-order valence-corrected chi connectivity index (χ4v) is 2.38. The Morgan fingerprint density at radius 2 is 2.28 bits per heavy atom. The molecule has 2 heterocycles. The van der Waals surface area contributed by atoms with Crippen LogP contribution in [0.5, 0.6) is 0 Å². The standard InChI is InChI=1S/C14H19N3O/c1-9-8-18-5-4-13(9)17-14-6-10(2)16-11(3)12(14)7-15/h6,9,13H,4-5,8H2,1-3H3,(H,16,17). The van der Waals surface area contributed by atoms with Crippen molar-refractivity contribution in [2.24, 2.45) is 5.92 Å². The summed E-state index contributed by atoms with van der Waals surface area (Å²) in [6, 6.07) is 4.56. The van der Waals surface area contributed by atoms with Crippen LogP contribution in [0.1, 0.15) is 30.3 Å². The average molecular weight is 245 g/mol. The van der Waals surface area contributed by atoms with Crippen molar-refractivity contribution in [1.82, 2.24) is 4.98 Å². The third kappa shape index (κ3) is 2.62. The third-order valence-corrected chi connectivity index (χ3v) is 3.42. The van der Waals surface area contributed by atoms with E-state index in [1.54, 1.807) is 0 Å². The molecule has 0 aliphatic carbocycles. The minimum absolute atomic E-state index is 0.368. The molecule has 18 heavy (non-hydrogen) atoms.